The van der Waals surface area contributed by atoms with Crippen molar-refractivity contribution in [2.24, 2.45) is 0 Å². The third-order valence-corrected chi connectivity index (χ3v) is 8.19. The van der Waals surface area contributed by atoms with E-state index in [-0.39, 0.29) is 17.5 Å². The van der Waals surface area contributed by atoms with Crippen molar-refractivity contribution in [3.8, 4) is 11.5 Å². The fraction of sp³-hybridized carbons (Fsp3) is 0.270. The lowest BCUT2D eigenvalue weighted by atomic mass is 10.0. The van der Waals surface area contributed by atoms with Gasteiger partial charge in [-0.05, 0) is 98.6 Å². The van der Waals surface area contributed by atoms with E-state index in [1.165, 1.54) is 12.1 Å². The van der Waals surface area contributed by atoms with Crippen LogP contribution >= 0.6 is 0 Å². The maximum Gasteiger partial charge on any atom is 0.338 e. The second kappa shape index (κ2) is 15.3. The Morgan fingerprint density at radius 1 is 0.739 bits per heavy atom. The van der Waals surface area contributed by atoms with E-state index in [9.17, 15) is 14.4 Å². The highest BCUT2D eigenvalue weighted by Crippen LogP contribution is 2.25. The Kier molecular flexibility index (Phi) is 10.8. The van der Waals surface area contributed by atoms with Crippen LogP contribution in [0.4, 0.5) is 5.69 Å². The Morgan fingerprint density at radius 3 is 2.04 bits per heavy atom. The number of anilines is 1. The number of nitrogens with one attached hydrogen (secondary N) is 1. The highest BCUT2D eigenvalue weighted by atomic mass is 16.5. The first-order chi connectivity index (χ1) is 22.2. The van der Waals surface area contributed by atoms with E-state index >= 15 is 0 Å². The fourth-order valence-corrected chi connectivity index (χ4v) is 5.47. The van der Waals surface area contributed by atoms with Crippen LogP contribution in [0.5, 0.6) is 11.5 Å². The molecule has 1 aliphatic heterocycles. The number of carboxylic acid groups (broad SMARTS) is 1. The van der Waals surface area contributed by atoms with Gasteiger partial charge in [0.2, 0.25) is 5.91 Å². The summed E-state index contributed by atoms with van der Waals surface area (Å²) in [6.07, 6.45) is 0.426. The number of hydrogen-bond acceptors (Lipinski definition) is 7. The summed E-state index contributed by atoms with van der Waals surface area (Å²) < 4.78 is 11.5. The number of carboxylic acids is 1. The average Bonchev–Trinajstić information content (AvgIpc) is 3.31. The average molecular weight is 622 g/mol. The zero-order valence-electron chi connectivity index (χ0n) is 26.1. The lowest BCUT2D eigenvalue weighted by molar-refractivity contribution is -0.117. The molecule has 0 saturated carbocycles. The van der Waals surface area contributed by atoms with Crippen molar-refractivity contribution in [1.29, 1.82) is 0 Å². The molecular formula is C37H39N3O6. The topological polar surface area (TPSA) is 108 Å². The SMILES string of the molecule is CC(OC(=O)c1ccc(C(C)N2CCCN(CC(=O)Nc3ccc(Oc4ccccc4)cc3)CC2)cc1)c1ccc(C(=O)O)cc1. The molecule has 2 atom stereocenters. The minimum absolute atomic E-state index is 0.0488. The number of benzene rings is 4. The van der Waals surface area contributed by atoms with Gasteiger partial charge in [-0.15, -0.1) is 0 Å². The van der Waals surface area contributed by atoms with Gasteiger partial charge in [-0.3, -0.25) is 14.6 Å². The molecule has 9 heteroatoms. The van der Waals surface area contributed by atoms with Crippen LogP contribution in [0.3, 0.4) is 0 Å². The van der Waals surface area contributed by atoms with Crippen molar-refractivity contribution < 1.29 is 29.0 Å². The number of hydrogen-bond donors (Lipinski definition) is 2. The van der Waals surface area contributed by atoms with Crippen LogP contribution in [-0.2, 0) is 9.53 Å². The molecule has 4 aromatic rings. The van der Waals surface area contributed by atoms with Crippen molar-refractivity contribution in [1.82, 2.24) is 9.80 Å². The molecule has 0 aromatic heterocycles. The lowest BCUT2D eigenvalue weighted by Crippen LogP contribution is -2.36. The highest BCUT2D eigenvalue weighted by Gasteiger charge is 2.22. The lowest BCUT2D eigenvalue weighted by Gasteiger charge is -2.28. The molecule has 0 spiro atoms. The number of rotatable bonds is 11. The normalized spacial score (nSPS) is 15.3. The van der Waals surface area contributed by atoms with E-state index in [0.717, 1.165) is 55.2 Å². The van der Waals surface area contributed by atoms with Crippen molar-refractivity contribution in [2.45, 2.75) is 32.4 Å². The zero-order valence-corrected chi connectivity index (χ0v) is 26.1. The van der Waals surface area contributed by atoms with Gasteiger partial charge < -0.3 is 19.9 Å². The standard InChI is InChI=1S/C37H39N3O6/c1-26(28-9-15-31(16-10-28)37(44)45-27(2)29-11-13-30(14-12-29)36(42)43)40-22-6-21-39(23-24-40)25-35(41)38-32-17-19-34(20-18-32)46-33-7-4-3-5-8-33/h3-5,7-20,26-27H,6,21-25H2,1-2H3,(H,38,41)(H,42,43). The number of esters is 1. The van der Waals surface area contributed by atoms with Crippen LogP contribution in [-0.4, -0.2) is 65.5 Å². The molecule has 238 valence electrons. The first-order valence-electron chi connectivity index (χ1n) is 15.5. The molecule has 1 aliphatic rings. The third-order valence-electron chi connectivity index (χ3n) is 8.19. The Morgan fingerprint density at radius 2 is 1.37 bits per heavy atom. The van der Waals surface area contributed by atoms with Crippen LogP contribution in [0.15, 0.2) is 103 Å². The molecule has 5 rings (SSSR count). The summed E-state index contributed by atoms with van der Waals surface area (Å²) in [7, 11) is 0. The number of para-hydroxylation sites is 1. The molecule has 46 heavy (non-hydrogen) atoms. The summed E-state index contributed by atoms with van der Waals surface area (Å²) in [4.78, 5) is 41.3. The van der Waals surface area contributed by atoms with Crippen molar-refractivity contribution in [3.63, 3.8) is 0 Å². The van der Waals surface area contributed by atoms with Gasteiger partial charge in [0.05, 0.1) is 17.7 Å². The van der Waals surface area contributed by atoms with E-state index < -0.39 is 18.0 Å². The van der Waals surface area contributed by atoms with Gasteiger partial charge in [-0.25, -0.2) is 9.59 Å². The quantitative estimate of drug-likeness (QED) is 0.176. The molecule has 4 aromatic carbocycles. The first kappa shape index (κ1) is 32.4. The van der Waals surface area contributed by atoms with Crippen molar-refractivity contribution in [3.05, 3.63) is 125 Å². The summed E-state index contributed by atoms with van der Waals surface area (Å²) in [6, 6.07) is 30.9. The summed E-state index contributed by atoms with van der Waals surface area (Å²) in [5.41, 5.74) is 3.18. The Hall–Kier alpha value is -4.99. The second-order valence-electron chi connectivity index (χ2n) is 11.4. The summed E-state index contributed by atoms with van der Waals surface area (Å²) in [5, 5.41) is 12.1. The molecule has 0 bridgehead atoms. The summed E-state index contributed by atoms with van der Waals surface area (Å²) in [5.74, 6) is -0.0195. The van der Waals surface area contributed by atoms with Gasteiger partial charge in [0.25, 0.3) is 0 Å². The van der Waals surface area contributed by atoms with Gasteiger partial charge in [-0.1, -0.05) is 42.5 Å². The van der Waals surface area contributed by atoms with Gasteiger partial charge in [-0.2, -0.15) is 0 Å². The maximum absolute atomic E-state index is 12.8. The van der Waals surface area contributed by atoms with Gasteiger partial charge >= 0.3 is 11.9 Å². The van der Waals surface area contributed by atoms with Crippen LogP contribution in [0.25, 0.3) is 0 Å². The van der Waals surface area contributed by atoms with E-state index in [1.807, 2.05) is 66.7 Å². The molecule has 2 unspecified atom stereocenters. The molecular weight excluding hydrogens is 582 g/mol. The molecule has 1 heterocycles. The maximum atomic E-state index is 12.8. The molecule has 0 aliphatic carbocycles. The molecule has 0 radical (unpaired) electrons. The molecule has 1 saturated heterocycles. The Bertz CT molecular complexity index is 1610. The largest absolute Gasteiger partial charge is 0.478 e. The van der Waals surface area contributed by atoms with E-state index in [4.69, 9.17) is 14.6 Å². The van der Waals surface area contributed by atoms with Gasteiger partial charge in [0.1, 0.15) is 17.6 Å². The number of nitrogens with zero attached hydrogens (tertiary/aromatic N) is 2. The van der Waals surface area contributed by atoms with Gasteiger partial charge in [0, 0.05) is 31.4 Å². The Balaban J connectivity index is 1.07. The first-order valence-corrected chi connectivity index (χ1v) is 15.5. The number of amides is 1. The third kappa shape index (κ3) is 8.80. The number of carbonyl (C=O) groups excluding carboxylic acids is 2. The predicted octanol–water partition coefficient (Wildman–Crippen LogP) is 6.80. The monoisotopic (exact) mass is 621 g/mol. The molecule has 2 N–H and O–H groups in total. The van der Waals surface area contributed by atoms with Crippen LogP contribution in [0.2, 0.25) is 0 Å². The van der Waals surface area contributed by atoms with Crippen molar-refractivity contribution >= 4 is 23.5 Å². The fourth-order valence-electron chi connectivity index (χ4n) is 5.47. The smallest absolute Gasteiger partial charge is 0.338 e. The number of carbonyl (C=O) groups is 3. The molecule has 1 fully saturated rings. The number of ether oxygens (including phenoxy) is 2. The number of aromatic carboxylic acids is 1. The predicted molar refractivity (Wildman–Crippen MR) is 176 cm³/mol. The molecule has 1 amide bonds. The molecule has 9 nitrogen and oxygen atoms in total. The minimum atomic E-state index is -1.00. The Labute approximate surface area is 269 Å². The van der Waals surface area contributed by atoms with Crippen LogP contribution in [0.1, 0.15) is 64.3 Å². The van der Waals surface area contributed by atoms with E-state index in [0.29, 0.717) is 17.9 Å². The van der Waals surface area contributed by atoms with Crippen LogP contribution in [0, 0.1) is 0 Å². The van der Waals surface area contributed by atoms with E-state index in [2.05, 4.69) is 22.0 Å². The van der Waals surface area contributed by atoms with Crippen LogP contribution < -0.4 is 10.1 Å². The summed E-state index contributed by atoms with van der Waals surface area (Å²) in [6.45, 7) is 7.58. The summed E-state index contributed by atoms with van der Waals surface area (Å²) >= 11 is 0. The van der Waals surface area contributed by atoms with E-state index in [1.54, 1.807) is 31.2 Å². The van der Waals surface area contributed by atoms with Crippen molar-refractivity contribution in [2.75, 3.05) is 38.0 Å². The minimum Gasteiger partial charge on any atom is -0.478 e. The van der Waals surface area contributed by atoms with Gasteiger partial charge in [0.15, 0.2) is 0 Å². The second-order valence-corrected chi connectivity index (χ2v) is 11.4. The highest BCUT2D eigenvalue weighted by molar-refractivity contribution is 5.92. The zero-order chi connectivity index (χ0) is 32.5.